The highest BCUT2D eigenvalue weighted by molar-refractivity contribution is 9.10. The second kappa shape index (κ2) is 12.6. The lowest BCUT2D eigenvalue weighted by molar-refractivity contribution is -0.139. The van der Waals surface area contributed by atoms with Crippen LogP contribution in [-0.4, -0.2) is 37.3 Å². The van der Waals surface area contributed by atoms with Gasteiger partial charge in [0.15, 0.2) is 4.80 Å². The number of carbonyl (C=O) groups excluding carboxylic acids is 2. The molecule has 3 aromatic rings. The normalized spacial score (nSPS) is 14.8. The number of esters is 2. The lowest BCUT2D eigenvalue weighted by atomic mass is 9.93. The van der Waals surface area contributed by atoms with Gasteiger partial charge in [0.05, 0.1) is 41.1 Å². The molecule has 11 heteroatoms. The molecule has 0 saturated heterocycles. The van der Waals surface area contributed by atoms with E-state index in [-0.39, 0.29) is 12.2 Å². The fourth-order valence-electron chi connectivity index (χ4n) is 4.46. The molecule has 9 nitrogen and oxygen atoms in total. The molecule has 40 heavy (non-hydrogen) atoms. The van der Waals surface area contributed by atoms with E-state index in [1.807, 2.05) is 6.92 Å². The van der Waals surface area contributed by atoms with E-state index in [0.717, 1.165) is 6.42 Å². The molecule has 0 amide bonds. The zero-order valence-electron chi connectivity index (χ0n) is 22.8. The molecule has 0 aliphatic carbocycles. The number of carbonyl (C=O) groups is 2. The summed E-state index contributed by atoms with van der Waals surface area (Å²) in [5.41, 5.74) is 1.83. The Labute approximate surface area is 243 Å². The molecule has 0 N–H and O–H groups in total. The minimum absolute atomic E-state index is 0.173. The molecule has 0 spiro atoms. The van der Waals surface area contributed by atoms with Crippen molar-refractivity contribution in [3.8, 4) is 17.2 Å². The van der Waals surface area contributed by atoms with Crippen molar-refractivity contribution in [1.82, 2.24) is 4.57 Å². The van der Waals surface area contributed by atoms with Crippen molar-refractivity contribution in [2.45, 2.75) is 39.7 Å². The first kappa shape index (κ1) is 29.3. The van der Waals surface area contributed by atoms with E-state index in [1.54, 1.807) is 56.5 Å². The Hall–Kier alpha value is -3.70. The zero-order chi connectivity index (χ0) is 29.0. The number of nitrogens with zero attached hydrogens (tertiary/aromatic N) is 2. The lowest BCUT2D eigenvalue weighted by Crippen LogP contribution is -2.40. The van der Waals surface area contributed by atoms with Crippen molar-refractivity contribution in [3.05, 3.63) is 83.0 Å². The van der Waals surface area contributed by atoms with Crippen molar-refractivity contribution in [1.29, 1.82) is 0 Å². The number of thiazole rings is 1. The summed E-state index contributed by atoms with van der Waals surface area (Å²) >= 11 is 4.64. The van der Waals surface area contributed by atoms with Gasteiger partial charge in [-0.2, -0.15) is 0 Å². The summed E-state index contributed by atoms with van der Waals surface area (Å²) in [7, 11) is 3.08. The van der Waals surface area contributed by atoms with Crippen LogP contribution < -0.4 is 29.1 Å². The highest BCUT2D eigenvalue weighted by atomic mass is 79.9. The van der Waals surface area contributed by atoms with Gasteiger partial charge in [-0.3, -0.25) is 14.2 Å². The van der Waals surface area contributed by atoms with Gasteiger partial charge in [-0.25, -0.2) is 9.79 Å². The number of allylic oxidation sites excluding steroid dienone is 1. The van der Waals surface area contributed by atoms with E-state index in [2.05, 4.69) is 15.9 Å². The Morgan fingerprint density at radius 3 is 2.48 bits per heavy atom. The third-order valence-corrected chi connectivity index (χ3v) is 7.73. The Balaban J connectivity index is 1.99. The van der Waals surface area contributed by atoms with Crippen LogP contribution in [-0.2, 0) is 14.3 Å². The maximum Gasteiger partial charge on any atom is 0.338 e. The predicted molar refractivity (Wildman–Crippen MR) is 155 cm³/mol. The molecule has 210 valence electrons. The summed E-state index contributed by atoms with van der Waals surface area (Å²) in [6.45, 7) is 5.23. The number of hydrogen-bond donors (Lipinski definition) is 0. The van der Waals surface area contributed by atoms with Crippen LogP contribution in [0.4, 0.5) is 0 Å². The van der Waals surface area contributed by atoms with Crippen LogP contribution in [0, 0.1) is 0 Å². The maximum absolute atomic E-state index is 14.0. The van der Waals surface area contributed by atoms with Crippen molar-refractivity contribution in [2.24, 2.45) is 4.99 Å². The minimum atomic E-state index is -0.845. The highest BCUT2D eigenvalue weighted by Crippen LogP contribution is 2.38. The average molecular weight is 630 g/mol. The number of rotatable bonds is 9. The van der Waals surface area contributed by atoms with Crippen molar-refractivity contribution < 1.29 is 28.5 Å². The molecule has 1 atom stereocenters. The highest BCUT2D eigenvalue weighted by Gasteiger charge is 2.36. The van der Waals surface area contributed by atoms with E-state index in [1.165, 1.54) is 29.9 Å². The number of halogens is 1. The first-order chi connectivity index (χ1) is 19.2. The van der Waals surface area contributed by atoms with Gasteiger partial charge in [0.25, 0.3) is 5.56 Å². The number of fused-ring (bicyclic) bond motifs is 1. The molecule has 4 rings (SSSR count). The van der Waals surface area contributed by atoms with Gasteiger partial charge in [-0.1, -0.05) is 30.7 Å². The monoisotopic (exact) mass is 628 g/mol. The minimum Gasteiger partial charge on any atom is -0.497 e. The van der Waals surface area contributed by atoms with E-state index >= 15 is 0 Å². The van der Waals surface area contributed by atoms with Gasteiger partial charge >= 0.3 is 11.9 Å². The predicted octanol–water partition coefficient (Wildman–Crippen LogP) is 4.28. The van der Waals surface area contributed by atoms with Gasteiger partial charge in [0.1, 0.15) is 23.3 Å². The number of benzene rings is 2. The molecular formula is C29H29BrN2O7S. The fraction of sp³-hybridized carbons (Fsp3) is 0.310. The summed E-state index contributed by atoms with van der Waals surface area (Å²) in [4.78, 5) is 44.0. The summed E-state index contributed by atoms with van der Waals surface area (Å²) in [6, 6.07) is 9.57. The molecular weight excluding hydrogens is 600 g/mol. The third kappa shape index (κ3) is 5.90. The van der Waals surface area contributed by atoms with Gasteiger partial charge in [-0.15, -0.1) is 0 Å². The molecule has 2 aromatic carbocycles. The molecule has 0 bridgehead atoms. The smallest absolute Gasteiger partial charge is 0.338 e. The van der Waals surface area contributed by atoms with Gasteiger partial charge < -0.3 is 18.9 Å². The number of aromatic nitrogens is 1. The van der Waals surface area contributed by atoms with E-state index < -0.39 is 18.0 Å². The van der Waals surface area contributed by atoms with Gasteiger partial charge in [-0.05, 0) is 71.2 Å². The Bertz CT molecular complexity index is 1670. The molecule has 0 saturated carbocycles. The van der Waals surface area contributed by atoms with E-state index in [4.69, 9.17) is 23.9 Å². The standard InChI is InChI=1S/C29H29BrN2O7S/c1-6-8-21-25(28(35)38-7-2)26(19-15-18(36-4)10-12-22(19)37-5)32-27(34)24(40-29(32)31-21)14-17-9-11-23(20(30)13-17)39-16(3)33/h9-15,26H,6-8H2,1-5H3/b24-14-/t26-/m1/s1. The lowest BCUT2D eigenvalue weighted by Gasteiger charge is -2.27. The van der Waals surface area contributed by atoms with Crippen LogP contribution in [0.3, 0.4) is 0 Å². The Morgan fingerprint density at radius 2 is 1.85 bits per heavy atom. The number of methoxy groups -OCH3 is 2. The largest absolute Gasteiger partial charge is 0.497 e. The van der Waals surface area contributed by atoms with Crippen molar-refractivity contribution in [2.75, 3.05) is 20.8 Å². The molecule has 0 fully saturated rings. The average Bonchev–Trinajstić information content (AvgIpc) is 3.23. The maximum atomic E-state index is 14.0. The van der Waals surface area contributed by atoms with Crippen LogP contribution in [0.1, 0.15) is 50.8 Å². The summed E-state index contributed by atoms with van der Waals surface area (Å²) in [5, 5.41) is 0. The quantitative estimate of drug-likeness (QED) is 0.257. The fourth-order valence-corrected chi connectivity index (χ4v) is 5.96. The molecule has 1 aliphatic rings. The molecule has 1 aromatic heterocycles. The van der Waals surface area contributed by atoms with Crippen LogP contribution >= 0.6 is 27.3 Å². The first-order valence-corrected chi connectivity index (χ1v) is 14.2. The van der Waals surface area contributed by atoms with Crippen LogP contribution in [0.15, 0.2) is 61.9 Å². The van der Waals surface area contributed by atoms with Gasteiger partial charge in [0, 0.05) is 12.5 Å². The van der Waals surface area contributed by atoms with E-state index in [9.17, 15) is 14.4 Å². The second-order valence-corrected chi connectivity index (χ2v) is 10.7. The molecule has 0 unspecified atom stereocenters. The summed E-state index contributed by atoms with van der Waals surface area (Å²) in [5.74, 6) is 0.441. The molecule has 0 radical (unpaired) electrons. The second-order valence-electron chi connectivity index (χ2n) is 8.80. The molecule has 1 aliphatic heterocycles. The number of ether oxygens (including phenoxy) is 4. The summed E-state index contributed by atoms with van der Waals surface area (Å²) in [6.07, 6.45) is 2.99. The Morgan fingerprint density at radius 1 is 1.10 bits per heavy atom. The third-order valence-electron chi connectivity index (χ3n) is 6.13. The van der Waals surface area contributed by atoms with Gasteiger partial charge in [0.2, 0.25) is 0 Å². The van der Waals surface area contributed by atoms with Crippen LogP contribution in [0.5, 0.6) is 17.2 Å². The van der Waals surface area contributed by atoms with Crippen molar-refractivity contribution >= 4 is 45.3 Å². The van der Waals surface area contributed by atoms with Crippen LogP contribution in [0.25, 0.3) is 6.08 Å². The Kier molecular flexibility index (Phi) is 9.26. The van der Waals surface area contributed by atoms with E-state index in [0.29, 0.717) is 59.9 Å². The zero-order valence-corrected chi connectivity index (χ0v) is 25.2. The SMILES string of the molecule is CCCC1=C(C(=O)OCC)[C@@H](c2cc(OC)ccc2OC)n2c(s/c(=C\c3ccc(OC(C)=O)c(Br)c3)c2=O)=N1. The first-order valence-electron chi connectivity index (χ1n) is 12.6. The van der Waals surface area contributed by atoms with Crippen molar-refractivity contribution in [3.63, 3.8) is 0 Å². The van der Waals surface area contributed by atoms with Crippen LogP contribution in [0.2, 0.25) is 0 Å². The topological polar surface area (TPSA) is 105 Å². The molecule has 2 heterocycles. The summed E-state index contributed by atoms with van der Waals surface area (Å²) < 4.78 is 24.3. The number of hydrogen-bond acceptors (Lipinski definition) is 9.